The molecule has 0 radical (unpaired) electrons. The summed E-state index contributed by atoms with van der Waals surface area (Å²) in [5.74, 6) is 2.24. The molecule has 7 heteroatoms. The third-order valence-electron chi connectivity index (χ3n) is 9.92. The van der Waals surface area contributed by atoms with Gasteiger partial charge in [-0.05, 0) is 60.7 Å². The van der Waals surface area contributed by atoms with Crippen molar-refractivity contribution in [2.24, 2.45) is 0 Å². The van der Waals surface area contributed by atoms with Gasteiger partial charge in [0.15, 0.2) is 23.1 Å². The van der Waals surface area contributed by atoms with Gasteiger partial charge in [0.2, 0.25) is 5.89 Å². The van der Waals surface area contributed by atoms with Crippen molar-refractivity contribution in [3.05, 3.63) is 164 Å². The number of fused-ring (bicyclic) bond motifs is 7. The van der Waals surface area contributed by atoms with E-state index in [2.05, 4.69) is 83.4 Å². The highest BCUT2D eigenvalue weighted by Gasteiger charge is 2.21. The summed E-state index contributed by atoms with van der Waals surface area (Å²) in [5, 5.41) is 4.29. The lowest BCUT2D eigenvalue weighted by atomic mass is 10.0. The second-order valence-corrected chi connectivity index (χ2v) is 13.0. The van der Waals surface area contributed by atoms with Gasteiger partial charge in [0.25, 0.3) is 0 Å². The summed E-state index contributed by atoms with van der Waals surface area (Å²) < 4.78 is 15.0. The van der Waals surface area contributed by atoms with Crippen molar-refractivity contribution in [2.45, 2.75) is 0 Å². The molecule has 0 fully saturated rings. The zero-order valence-corrected chi connectivity index (χ0v) is 28.1. The van der Waals surface area contributed by atoms with Crippen molar-refractivity contribution in [3.8, 4) is 51.3 Å². The van der Waals surface area contributed by atoms with Crippen LogP contribution in [-0.2, 0) is 0 Å². The van der Waals surface area contributed by atoms with Crippen LogP contribution in [0.25, 0.3) is 106 Å². The molecule has 0 amide bonds. The second-order valence-electron chi connectivity index (χ2n) is 13.0. The van der Waals surface area contributed by atoms with E-state index in [0.29, 0.717) is 28.9 Å². The van der Waals surface area contributed by atoms with E-state index < -0.39 is 0 Å². The summed E-state index contributed by atoms with van der Waals surface area (Å²) in [6, 6.07) is 55.3. The number of aromatic nitrogens is 5. The minimum atomic E-state index is 0.510. The first-order valence-electron chi connectivity index (χ1n) is 17.5. The topological polar surface area (TPSA) is 82.8 Å². The van der Waals surface area contributed by atoms with Crippen LogP contribution in [0, 0.1) is 0 Å². The van der Waals surface area contributed by atoms with Gasteiger partial charge in [0.05, 0.1) is 16.6 Å². The fourth-order valence-corrected chi connectivity index (χ4v) is 7.49. The molecule has 53 heavy (non-hydrogen) atoms. The zero-order valence-electron chi connectivity index (χ0n) is 28.1. The Morgan fingerprint density at radius 1 is 0.396 bits per heavy atom. The van der Waals surface area contributed by atoms with Gasteiger partial charge in [-0.25, -0.2) is 19.9 Å². The number of hydrogen-bond donors (Lipinski definition) is 0. The molecule has 11 aromatic rings. The summed E-state index contributed by atoms with van der Waals surface area (Å²) >= 11 is 0. The molecule has 0 atom stereocenters. The summed E-state index contributed by atoms with van der Waals surface area (Å²) in [4.78, 5) is 20.0. The van der Waals surface area contributed by atoms with E-state index in [9.17, 15) is 0 Å². The minimum absolute atomic E-state index is 0.510. The quantitative estimate of drug-likeness (QED) is 0.180. The third kappa shape index (κ3) is 4.68. The molecule has 7 nitrogen and oxygen atoms in total. The van der Waals surface area contributed by atoms with Crippen LogP contribution in [0.3, 0.4) is 0 Å². The predicted octanol–water partition coefficient (Wildman–Crippen LogP) is 11.7. The number of rotatable bonds is 5. The maximum atomic E-state index is 6.56. The summed E-state index contributed by atoms with van der Waals surface area (Å²) in [6.07, 6.45) is 0. The maximum Gasteiger partial charge on any atom is 0.231 e. The van der Waals surface area contributed by atoms with E-state index in [1.54, 1.807) is 0 Å². The first-order valence-corrected chi connectivity index (χ1v) is 17.5. The standard InChI is InChI=1S/C46H27N5O2/c1-2-12-28(13-3-1)43-48-44(29-24-26-30(27-25-29)51-37-20-7-4-14-31(37)32-15-5-8-21-38(32)51)50-45(49-43)34-17-11-23-40-41(34)33-16-10-18-35(42(33)52-40)46-47-36-19-6-9-22-39(36)53-46/h1-27H. The van der Waals surface area contributed by atoms with E-state index in [4.69, 9.17) is 28.8 Å². The molecule has 0 N–H and O–H groups in total. The Balaban J connectivity index is 1.08. The molecule has 4 aromatic heterocycles. The Kier molecular flexibility index (Phi) is 6.42. The SMILES string of the molecule is c1ccc(-c2nc(-c3ccc(-n4c5ccccc5c5ccccc54)cc3)nc(-c3cccc4oc5c(-c6nc7ccccc7o6)cccc5c34)n2)cc1. The Morgan fingerprint density at radius 3 is 1.74 bits per heavy atom. The van der Waals surface area contributed by atoms with Crippen LogP contribution in [0.2, 0.25) is 0 Å². The zero-order chi connectivity index (χ0) is 34.9. The van der Waals surface area contributed by atoms with Gasteiger partial charge in [-0.2, -0.15) is 0 Å². The van der Waals surface area contributed by atoms with Crippen LogP contribution < -0.4 is 0 Å². The van der Waals surface area contributed by atoms with Crippen LogP contribution in [0.5, 0.6) is 0 Å². The largest absolute Gasteiger partial charge is 0.455 e. The molecule has 4 heterocycles. The van der Waals surface area contributed by atoms with Crippen molar-refractivity contribution >= 4 is 54.8 Å². The van der Waals surface area contributed by atoms with Gasteiger partial charge >= 0.3 is 0 Å². The predicted molar refractivity (Wildman–Crippen MR) is 211 cm³/mol. The van der Waals surface area contributed by atoms with E-state index in [1.165, 1.54) is 10.8 Å². The fraction of sp³-hybridized carbons (Fsp3) is 0. The number of oxazole rings is 1. The molecule has 0 bridgehead atoms. The Hall–Kier alpha value is -7.38. The monoisotopic (exact) mass is 681 g/mol. The van der Waals surface area contributed by atoms with E-state index >= 15 is 0 Å². The van der Waals surface area contributed by atoms with Crippen LogP contribution >= 0.6 is 0 Å². The lowest BCUT2D eigenvalue weighted by Crippen LogP contribution is -2.01. The molecule has 0 unspecified atom stereocenters. The van der Waals surface area contributed by atoms with Crippen molar-refractivity contribution in [3.63, 3.8) is 0 Å². The smallest absolute Gasteiger partial charge is 0.231 e. The van der Waals surface area contributed by atoms with Gasteiger partial charge in [0, 0.05) is 43.9 Å². The molecular weight excluding hydrogens is 655 g/mol. The highest BCUT2D eigenvalue weighted by molar-refractivity contribution is 6.14. The summed E-state index contributed by atoms with van der Waals surface area (Å²) in [7, 11) is 0. The van der Waals surface area contributed by atoms with Crippen molar-refractivity contribution in [1.29, 1.82) is 0 Å². The molecule has 248 valence electrons. The molecule has 0 spiro atoms. The molecule has 0 saturated heterocycles. The van der Waals surface area contributed by atoms with E-state index in [1.807, 2.05) is 84.9 Å². The molecule has 11 rings (SSSR count). The molecule has 0 aliphatic carbocycles. The van der Waals surface area contributed by atoms with Crippen LogP contribution in [-0.4, -0.2) is 24.5 Å². The number of nitrogens with zero attached hydrogens (tertiary/aromatic N) is 5. The van der Waals surface area contributed by atoms with Crippen LogP contribution in [0.1, 0.15) is 0 Å². The first-order chi connectivity index (χ1) is 26.3. The van der Waals surface area contributed by atoms with Gasteiger partial charge in [0.1, 0.15) is 16.7 Å². The number of furan rings is 1. The number of benzene rings is 7. The molecule has 7 aromatic carbocycles. The average Bonchev–Trinajstić information content (AvgIpc) is 3.93. The molecule has 0 saturated carbocycles. The van der Waals surface area contributed by atoms with Gasteiger partial charge in [-0.3, -0.25) is 0 Å². The van der Waals surface area contributed by atoms with Gasteiger partial charge in [-0.1, -0.05) is 103 Å². The average molecular weight is 682 g/mol. The molecular formula is C46H27N5O2. The lowest BCUT2D eigenvalue weighted by Gasteiger charge is -2.11. The highest BCUT2D eigenvalue weighted by atomic mass is 16.4. The van der Waals surface area contributed by atoms with Gasteiger partial charge < -0.3 is 13.4 Å². The first kappa shape index (κ1) is 29.4. The number of hydrogen-bond acceptors (Lipinski definition) is 6. The Bertz CT molecular complexity index is 3090. The van der Waals surface area contributed by atoms with Crippen LogP contribution in [0.15, 0.2) is 173 Å². The normalized spacial score (nSPS) is 11.8. The number of para-hydroxylation sites is 5. The fourth-order valence-electron chi connectivity index (χ4n) is 7.49. The lowest BCUT2D eigenvalue weighted by molar-refractivity contribution is 0.615. The highest BCUT2D eigenvalue weighted by Crippen LogP contribution is 2.41. The molecule has 0 aliphatic heterocycles. The minimum Gasteiger partial charge on any atom is -0.455 e. The van der Waals surface area contributed by atoms with Crippen LogP contribution in [0.4, 0.5) is 0 Å². The van der Waals surface area contributed by atoms with E-state index in [0.717, 1.165) is 66.4 Å². The van der Waals surface area contributed by atoms with E-state index in [-0.39, 0.29) is 0 Å². The van der Waals surface area contributed by atoms with Gasteiger partial charge in [-0.15, -0.1) is 0 Å². The third-order valence-corrected chi connectivity index (χ3v) is 9.92. The van der Waals surface area contributed by atoms with Crippen molar-refractivity contribution in [1.82, 2.24) is 24.5 Å². The molecule has 0 aliphatic rings. The summed E-state index contributed by atoms with van der Waals surface area (Å²) in [5.41, 5.74) is 9.75. The summed E-state index contributed by atoms with van der Waals surface area (Å²) in [6.45, 7) is 0. The Labute approximate surface area is 302 Å². The van der Waals surface area contributed by atoms with Crippen molar-refractivity contribution in [2.75, 3.05) is 0 Å². The van der Waals surface area contributed by atoms with Crippen molar-refractivity contribution < 1.29 is 8.83 Å². The Morgan fingerprint density at radius 2 is 0.981 bits per heavy atom. The second kappa shape index (κ2) is 11.6. The maximum absolute atomic E-state index is 6.56.